The molecule has 0 atom stereocenters. The molecule has 1 aromatic carbocycles. The molecule has 10 heteroatoms. The number of carbonyl (C=O) groups is 2. The highest BCUT2D eigenvalue weighted by molar-refractivity contribution is 6.31. The van der Waals surface area contributed by atoms with E-state index < -0.39 is 5.82 Å². The minimum absolute atomic E-state index is 0.0755. The van der Waals surface area contributed by atoms with E-state index in [1.807, 2.05) is 0 Å². The molecule has 2 aromatic rings. The number of halogens is 2. The summed E-state index contributed by atoms with van der Waals surface area (Å²) in [4.78, 5) is 27.9. The van der Waals surface area contributed by atoms with Crippen molar-refractivity contribution in [3.8, 4) is 0 Å². The Morgan fingerprint density at radius 3 is 2.40 bits per heavy atom. The van der Waals surface area contributed by atoms with Crippen molar-refractivity contribution in [1.82, 2.24) is 30.0 Å². The van der Waals surface area contributed by atoms with Crippen LogP contribution < -0.4 is 0 Å². The summed E-state index contributed by atoms with van der Waals surface area (Å²) in [5, 5.41) is 10.9. The van der Waals surface area contributed by atoms with Crippen molar-refractivity contribution < 1.29 is 14.0 Å². The fourth-order valence-electron chi connectivity index (χ4n) is 2.64. The third-order valence-electron chi connectivity index (χ3n) is 4.03. The Morgan fingerprint density at radius 1 is 1.12 bits per heavy atom. The number of hydrogen-bond acceptors (Lipinski definition) is 5. The minimum atomic E-state index is -0.434. The maximum Gasteiger partial charge on any atom is 0.244 e. The van der Waals surface area contributed by atoms with Crippen LogP contribution in [0.5, 0.6) is 0 Å². The molecular formula is C15H16ClFN6O2. The first-order chi connectivity index (χ1) is 12.0. The molecule has 1 aliphatic rings. The zero-order valence-corrected chi connectivity index (χ0v) is 14.1. The Kier molecular flexibility index (Phi) is 5.22. The molecule has 1 fully saturated rings. The number of amides is 2. The second-order valence-electron chi connectivity index (χ2n) is 5.68. The third-order valence-corrected chi connectivity index (χ3v) is 4.38. The van der Waals surface area contributed by atoms with Gasteiger partial charge in [-0.15, -0.1) is 5.10 Å². The molecule has 1 saturated heterocycles. The van der Waals surface area contributed by atoms with Gasteiger partial charge in [-0.05, 0) is 28.1 Å². The lowest BCUT2D eigenvalue weighted by molar-refractivity contribution is -0.139. The third kappa shape index (κ3) is 4.30. The van der Waals surface area contributed by atoms with Crippen molar-refractivity contribution in [2.24, 2.45) is 0 Å². The topological polar surface area (TPSA) is 84.2 Å². The smallest absolute Gasteiger partial charge is 0.244 e. The van der Waals surface area contributed by atoms with Crippen molar-refractivity contribution in [2.45, 2.75) is 13.0 Å². The molecule has 0 N–H and O–H groups in total. The van der Waals surface area contributed by atoms with Crippen LogP contribution >= 0.6 is 11.6 Å². The molecule has 0 spiro atoms. The highest BCUT2D eigenvalue weighted by Gasteiger charge is 2.24. The van der Waals surface area contributed by atoms with E-state index in [1.165, 1.54) is 29.2 Å². The summed E-state index contributed by atoms with van der Waals surface area (Å²) in [6.45, 7) is 1.86. The van der Waals surface area contributed by atoms with Gasteiger partial charge in [-0.1, -0.05) is 17.7 Å². The number of benzene rings is 1. The number of nitrogens with zero attached hydrogens (tertiary/aromatic N) is 6. The maximum absolute atomic E-state index is 13.1. The van der Waals surface area contributed by atoms with Crippen LogP contribution in [0.1, 0.15) is 5.56 Å². The standard InChI is InChI=1S/C15H16ClFN6O2/c16-13-8-12(17)2-1-11(13)7-14(24)21-3-5-22(6-4-21)15(25)9-23-10-18-19-20-23/h1-2,8,10H,3-7,9H2. The van der Waals surface area contributed by atoms with Crippen LogP contribution in [0.2, 0.25) is 5.02 Å². The van der Waals surface area contributed by atoms with Gasteiger partial charge in [-0.25, -0.2) is 9.07 Å². The molecule has 2 heterocycles. The van der Waals surface area contributed by atoms with Crippen LogP contribution in [0.4, 0.5) is 4.39 Å². The molecule has 1 aliphatic heterocycles. The van der Waals surface area contributed by atoms with Gasteiger partial charge < -0.3 is 9.80 Å². The molecule has 0 saturated carbocycles. The van der Waals surface area contributed by atoms with Gasteiger partial charge in [0.1, 0.15) is 18.7 Å². The van der Waals surface area contributed by atoms with E-state index in [-0.39, 0.29) is 29.8 Å². The average molecular weight is 367 g/mol. The van der Waals surface area contributed by atoms with E-state index in [0.717, 1.165) is 0 Å². The van der Waals surface area contributed by atoms with Crippen LogP contribution in [-0.2, 0) is 22.6 Å². The quantitative estimate of drug-likeness (QED) is 0.781. The number of aromatic nitrogens is 4. The first kappa shape index (κ1) is 17.3. The number of carbonyl (C=O) groups excluding carboxylic acids is 2. The van der Waals surface area contributed by atoms with Gasteiger partial charge in [-0.3, -0.25) is 9.59 Å². The molecule has 0 bridgehead atoms. The van der Waals surface area contributed by atoms with Crippen molar-refractivity contribution in [1.29, 1.82) is 0 Å². The number of tetrazole rings is 1. The lowest BCUT2D eigenvalue weighted by Crippen LogP contribution is -2.51. The first-order valence-corrected chi connectivity index (χ1v) is 8.11. The molecule has 2 amide bonds. The van der Waals surface area contributed by atoms with Crippen LogP contribution in [0, 0.1) is 5.82 Å². The summed E-state index contributed by atoms with van der Waals surface area (Å²) >= 11 is 5.96. The van der Waals surface area contributed by atoms with E-state index in [0.29, 0.717) is 31.7 Å². The van der Waals surface area contributed by atoms with Crippen LogP contribution in [0.15, 0.2) is 24.5 Å². The Morgan fingerprint density at radius 2 is 1.80 bits per heavy atom. The minimum Gasteiger partial charge on any atom is -0.339 e. The fourth-order valence-corrected chi connectivity index (χ4v) is 2.87. The largest absolute Gasteiger partial charge is 0.339 e. The Hall–Kier alpha value is -2.55. The predicted molar refractivity (Wildman–Crippen MR) is 86.1 cm³/mol. The zero-order valence-electron chi connectivity index (χ0n) is 13.3. The zero-order chi connectivity index (χ0) is 17.8. The van der Waals surface area contributed by atoms with Crippen molar-refractivity contribution in [2.75, 3.05) is 26.2 Å². The van der Waals surface area contributed by atoms with Crippen LogP contribution in [-0.4, -0.2) is 68.0 Å². The molecule has 0 unspecified atom stereocenters. The molecule has 0 aliphatic carbocycles. The summed E-state index contributed by atoms with van der Waals surface area (Å²) in [6, 6.07) is 3.99. The summed E-state index contributed by atoms with van der Waals surface area (Å²) in [5.41, 5.74) is 0.588. The lowest BCUT2D eigenvalue weighted by Gasteiger charge is -2.34. The van der Waals surface area contributed by atoms with Gasteiger partial charge in [0.2, 0.25) is 11.8 Å². The molecular weight excluding hydrogens is 351 g/mol. The van der Waals surface area contributed by atoms with Gasteiger partial charge in [-0.2, -0.15) is 0 Å². The van der Waals surface area contributed by atoms with Gasteiger partial charge in [0.15, 0.2) is 0 Å². The predicted octanol–water partition coefficient (Wildman–Crippen LogP) is 0.379. The maximum atomic E-state index is 13.1. The van der Waals surface area contributed by atoms with E-state index >= 15 is 0 Å². The van der Waals surface area contributed by atoms with E-state index in [4.69, 9.17) is 11.6 Å². The summed E-state index contributed by atoms with van der Waals surface area (Å²) < 4.78 is 14.4. The summed E-state index contributed by atoms with van der Waals surface area (Å²) in [6.07, 6.45) is 1.49. The Labute approximate surface area is 148 Å². The highest BCUT2D eigenvalue weighted by atomic mass is 35.5. The number of hydrogen-bond donors (Lipinski definition) is 0. The highest BCUT2D eigenvalue weighted by Crippen LogP contribution is 2.18. The van der Waals surface area contributed by atoms with Crippen molar-refractivity contribution >= 4 is 23.4 Å². The molecule has 1 aromatic heterocycles. The summed E-state index contributed by atoms with van der Waals surface area (Å²) in [7, 11) is 0. The van der Waals surface area contributed by atoms with Crippen LogP contribution in [0.25, 0.3) is 0 Å². The van der Waals surface area contributed by atoms with Gasteiger partial charge in [0, 0.05) is 31.2 Å². The number of rotatable bonds is 4. The van der Waals surface area contributed by atoms with Crippen molar-refractivity contribution in [3.05, 3.63) is 40.9 Å². The SMILES string of the molecule is O=C(Cc1ccc(F)cc1Cl)N1CCN(C(=O)Cn2cnnn2)CC1. The van der Waals surface area contributed by atoms with E-state index in [2.05, 4.69) is 15.5 Å². The van der Waals surface area contributed by atoms with E-state index in [1.54, 1.807) is 9.80 Å². The van der Waals surface area contributed by atoms with Gasteiger partial charge >= 0.3 is 0 Å². The van der Waals surface area contributed by atoms with Gasteiger partial charge in [0.05, 0.1) is 6.42 Å². The second-order valence-corrected chi connectivity index (χ2v) is 6.09. The average Bonchev–Trinajstić information content (AvgIpc) is 3.10. The molecule has 132 valence electrons. The Bertz CT molecular complexity index is 761. The molecule has 3 rings (SSSR count). The second kappa shape index (κ2) is 7.56. The molecule has 8 nitrogen and oxygen atoms in total. The lowest BCUT2D eigenvalue weighted by atomic mass is 10.1. The van der Waals surface area contributed by atoms with E-state index in [9.17, 15) is 14.0 Å². The van der Waals surface area contributed by atoms with Crippen molar-refractivity contribution in [3.63, 3.8) is 0 Å². The van der Waals surface area contributed by atoms with Gasteiger partial charge in [0.25, 0.3) is 0 Å². The van der Waals surface area contributed by atoms with Crippen LogP contribution in [0.3, 0.4) is 0 Å². The monoisotopic (exact) mass is 366 g/mol. The molecule has 0 radical (unpaired) electrons. The molecule has 25 heavy (non-hydrogen) atoms. The fraction of sp³-hybridized carbons (Fsp3) is 0.400. The normalized spacial score (nSPS) is 14.6. The Balaban J connectivity index is 1.51. The first-order valence-electron chi connectivity index (χ1n) is 7.73. The summed E-state index contributed by atoms with van der Waals surface area (Å²) in [5.74, 6) is -0.627. The number of piperazine rings is 1.